The Morgan fingerprint density at radius 2 is 1.83 bits per heavy atom. The lowest BCUT2D eigenvalue weighted by molar-refractivity contribution is -0.384. The summed E-state index contributed by atoms with van der Waals surface area (Å²) in [6.45, 7) is 5.84. The number of carbonyl (C=O) groups is 1. The lowest BCUT2D eigenvalue weighted by Gasteiger charge is -2.16. The standard InChI is InChI=1S/C22H25N5O3/c1-14-6-9-18(10-7-14)26-16(3)19(13-23-26)15(2)24-22(28)17-8-11-20(25(4)5)21(12-17)27(29)30/h6-13,15H,1-5H3,(H,24,28)/t15-/m0/s1. The molecule has 0 aliphatic carbocycles. The van der Waals surface area contributed by atoms with Crippen LogP contribution < -0.4 is 10.2 Å². The van der Waals surface area contributed by atoms with Crippen LogP contribution in [0.4, 0.5) is 11.4 Å². The number of nitrogens with one attached hydrogen (secondary N) is 1. The van der Waals surface area contributed by atoms with E-state index in [0.29, 0.717) is 5.69 Å². The molecule has 0 radical (unpaired) electrons. The van der Waals surface area contributed by atoms with E-state index >= 15 is 0 Å². The molecule has 1 aromatic heterocycles. The Morgan fingerprint density at radius 3 is 2.43 bits per heavy atom. The van der Waals surface area contributed by atoms with Gasteiger partial charge in [0.25, 0.3) is 11.6 Å². The lowest BCUT2D eigenvalue weighted by atomic mass is 10.1. The van der Waals surface area contributed by atoms with E-state index in [2.05, 4.69) is 10.4 Å². The van der Waals surface area contributed by atoms with Crippen molar-refractivity contribution in [2.24, 2.45) is 0 Å². The second kappa shape index (κ2) is 8.36. The summed E-state index contributed by atoms with van der Waals surface area (Å²) >= 11 is 0. The van der Waals surface area contributed by atoms with Gasteiger partial charge < -0.3 is 10.2 Å². The van der Waals surface area contributed by atoms with Crippen LogP contribution in [0.2, 0.25) is 0 Å². The molecular weight excluding hydrogens is 382 g/mol. The Balaban J connectivity index is 1.82. The Bertz CT molecular complexity index is 1090. The van der Waals surface area contributed by atoms with Crippen LogP contribution >= 0.6 is 0 Å². The van der Waals surface area contributed by atoms with E-state index in [0.717, 1.165) is 16.9 Å². The molecule has 0 saturated carbocycles. The molecule has 2 aromatic carbocycles. The highest BCUT2D eigenvalue weighted by Gasteiger charge is 2.21. The zero-order valence-electron chi connectivity index (χ0n) is 17.7. The van der Waals surface area contributed by atoms with Gasteiger partial charge in [0, 0.05) is 37.0 Å². The maximum absolute atomic E-state index is 12.7. The molecule has 0 saturated heterocycles. The molecule has 0 fully saturated rings. The fourth-order valence-corrected chi connectivity index (χ4v) is 3.34. The number of hydrogen-bond acceptors (Lipinski definition) is 5. The summed E-state index contributed by atoms with van der Waals surface area (Å²) < 4.78 is 1.83. The SMILES string of the molecule is Cc1ccc(-n2ncc([C@H](C)NC(=O)c3ccc(N(C)C)c([N+](=O)[O-])c3)c2C)cc1. The topological polar surface area (TPSA) is 93.3 Å². The summed E-state index contributed by atoms with van der Waals surface area (Å²) in [6, 6.07) is 12.2. The molecule has 1 atom stereocenters. The van der Waals surface area contributed by atoms with Crippen molar-refractivity contribution >= 4 is 17.3 Å². The Hall–Kier alpha value is -3.68. The zero-order chi connectivity index (χ0) is 22.0. The Kier molecular flexibility index (Phi) is 5.86. The molecule has 30 heavy (non-hydrogen) atoms. The van der Waals surface area contributed by atoms with Crippen LogP contribution in [0.5, 0.6) is 0 Å². The number of anilines is 1. The molecule has 1 heterocycles. The van der Waals surface area contributed by atoms with Crippen molar-refractivity contribution in [2.45, 2.75) is 26.8 Å². The summed E-state index contributed by atoms with van der Waals surface area (Å²) in [5.74, 6) is -0.376. The van der Waals surface area contributed by atoms with Gasteiger partial charge >= 0.3 is 0 Å². The van der Waals surface area contributed by atoms with Gasteiger partial charge in [-0.05, 0) is 45.0 Å². The van der Waals surface area contributed by atoms with Crippen LogP contribution in [-0.2, 0) is 0 Å². The third-order valence-corrected chi connectivity index (χ3v) is 5.06. The van der Waals surface area contributed by atoms with Gasteiger partial charge in [-0.1, -0.05) is 17.7 Å². The predicted octanol–water partition coefficient (Wildman–Crippen LogP) is 3.95. The molecule has 3 aromatic rings. The number of amides is 1. The molecule has 3 rings (SSSR count). The van der Waals surface area contributed by atoms with Gasteiger partial charge in [-0.2, -0.15) is 5.10 Å². The van der Waals surface area contributed by atoms with Gasteiger partial charge in [0.1, 0.15) is 5.69 Å². The lowest BCUT2D eigenvalue weighted by Crippen LogP contribution is -2.27. The normalized spacial score (nSPS) is 11.8. The van der Waals surface area contributed by atoms with Gasteiger partial charge in [0.15, 0.2) is 0 Å². The van der Waals surface area contributed by atoms with Crippen molar-refractivity contribution in [1.29, 1.82) is 0 Å². The van der Waals surface area contributed by atoms with Crippen molar-refractivity contribution < 1.29 is 9.72 Å². The molecule has 0 spiro atoms. The first-order valence-corrected chi connectivity index (χ1v) is 9.57. The number of carbonyl (C=O) groups excluding carboxylic acids is 1. The maximum Gasteiger partial charge on any atom is 0.293 e. The van der Waals surface area contributed by atoms with Gasteiger partial charge in [-0.15, -0.1) is 0 Å². The summed E-state index contributed by atoms with van der Waals surface area (Å²) in [4.78, 5) is 25.3. The molecule has 1 N–H and O–H groups in total. The summed E-state index contributed by atoms with van der Waals surface area (Å²) in [5, 5.41) is 18.8. The quantitative estimate of drug-likeness (QED) is 0.493. The highest BCUT2D eigenvalue weighted by Crippen LogP contribution is 2.28. The highest BCUT2D eigenvalue weighted by atomic mass is 16.6. The van der Waals surface area contributed by atoms with E-state index in [1.807, 2.05) is 49.7 Å². The average Bonchev–Trinajstić information content (AvgIpc) is 3.09. The number of hydrogen-bond donors (Lipinski definition) is 1. The molecule has 0 unspecified atom stereocenters. The number of nitro groups is 1. The van der Waals surface area contributed by atoms with Crippen molar-refractivity contribution in [2.75, 3.05) is 19.0 Å². The molecule has 1 amide bonds. The minimum absolute atomic E-state index is 0.108. The van der Waals surface area contributed by atoms with Crippen LogP contribution in [0.1, 0.15) is 40.1 Å². The predicted molar refractivity (Wildman–Crippen MR) is 116 cm³/mol. The van der Waals surface area contributed by atoms with E-state index in [4.69, 9.17) is 0 Å². The molecule has 156 valence electrons. The van der Waals surface area contributed by atoms with Gasteiger partial charge in [0.05, 0.1) is 22.8 Å². The zero-order valence-corrected chi connectivity index (χ0v) is 17.7. The first-order valence-electron chi connectivity index (χ1n) is 9.57. The molecule has 0 aliphatic rings. The van der Waals surface area contributed by atoms with Crippen LogP contribution in [0.15, 0.2) is 48.7 Å². The molecule has 8 heteroatoms. The van der Waals surface area contributed by atoms with Crippen LogP contribution in [0.25, 0.3) is 5.69 Å². The van der Waals surface area contributed by atoms with E-state index in [1.54, 1.807) is 37.3 Å². The number of aromatic nitrogens is 2. The van der Waals surface area contributed by atoms with Gasteiger partial charge in [-0.3, -0.25) is 14.9 Å². The fourth-order valence-electron chi connectivity index (χ4n) is 3.34. The smallest absolute Gasteiger partial charge is 0.293 e. The highest BCUT2D eigenvalue weighted by molar-refractivity contribution is 5.96. The Morgan fingerprint density at radius 1 is 1.17 bits per heavy atom. The first kappa shape index (κ1) is 21.0. The minimum Gasteiger partial charge on any atom is -0.372 e. The minimum atomic E-state index is -0.481. The number of benzene rings is 2. The van der Waals surface area contributed by atoms with Crippen molar-refractivity contribution in [3.63, 3.8) is 0 Å². The van der Waals surface area contributed by atoms with Crippen LogP contribution in [-0.4, -0.2) is 34.7 Å². The molecular formula is C22H25N5O3. The molecule has 8 nitrogen and oxygen atoms in total. The van der Waals surface area contributed by atoms with Crippen LogP contribution in [0.3, 0.4) is 0 Å². The van der Waals surface area contributed by atoms with E-state index in [1.165, 1.54) is 11.6 Å². The van der Waals surface area contributed by atoms with E-state index in [-0.39, 0.29) is 23.2 Å². The second-order valence-corrected chi connectivity index (χ2v) is 7.48. The summed E-state index contributed by atoms with van der Waals surface area (Å²) in [7, 11) is 3.44. The number of rotatable bonds is 6. The van der Waals surface area contributed by atoms with E-state index in [9.17, 15) is 14.9 Å². The maximum atomic E-state index is 12.7. The number of nitrogens with zero attached hydrogens (tertiary/aromatic N) is 4. The molecule has 0 aliphatic heterocycles. The Labute approximate surface area is 175 Å². The average molecular weight is 407 g/mol. The third-order valence-electron chi connectivity index (χ3n) is 5.06. The van der Waals surface area contributed by atoms with E-state index < -0.39 is 4.92 Å². The van der Waals surface area contributed by atoms with Gasteiger partial charge in [0.2, 0.25) is 0 Å². The first-order chi connectivity index (χ1) is 14.2. The van der Waals surface area contributed by atoms with Crippen molar-refractivity contribution in [1.82, 2.24) is 15.1 Å². The van der Waals surface area contributed by atoms with Crippen LogP contribution in [0, 0.1) is 24.0 Å². The summed E-state index contributed by atoms with van der Waals surface area (Å²) in [6.07, 6.45) is 1.73. The molecule has 0 bridgehead atoms. The largest absolute Gasteiger partial charge is 0.372 e. The second-order valence-electron chi connectivity index (χ2n) is 7.48. The van der Waals surface area contributed by atoms with Crippen molar-refractivity contribution in [3.05, 3.63) is 81.2 Å². The number of aryl methyl sites for hydroxylation is 1. The monoisotopic (exact) mass is 407 g/mol. The summed E-state index contributed by atoms with van der Waals surface area (Å²) in [5.41, 5.74) is 4.48. The van der Waals surface area contributed by atoms with Gasteiger partial charge in [-0.25, -0.2) is 4.68 Å². The number of nitro benzene ring substituents is 1. The van der Waals surface area contributed by atoms with Crippen molar-refractivity contribution in [3.8, 4) is 5.69 Å². The fraction of sp³-hybridized carbons (Fsp3) is 0.273. The third kappa shape index (κ3) is 4.17.